The van der Waals surface area contributed by atoms with E-state index in [9.17, 15) is 0 Å². The van der Waals surface area contributed by atoms with Crippen LogP contribution in [0.3, 0.4) is 0 Å². The standard InChI is InChI=1S/C12H14N4/c1-9(12-14-7-8-15-12)16-11(13)10-5-3-2-4-6-10/h2-9H,1H3,(H2,13,16)(H,14,15). The number of hydrogen-bond acceptors (Lipinski definition) is 2. The molecule has 4 nitrogen and oxygen atoms in total. The molecule has 1 aromatic carbocycles. The molecule has 0 aliphatic rings. The number of nitrogens with zero attached hydrogens (tertiary/aromatic N) is 2. The number of amidine groups is 1. The van der Waals surface area contributed by atoms with Crippen LogP contribution in [0, 0.1) is 0 Å². The van der Waals surface area contributed by atoms with Crippen molar-refractivity contribution < 1.29 is 0 Å². The number of H-pyrrole nitrogens is 1. The van der Waals surface area contributed by atoms with E-state index in [-0.39, 0.29) is 6.04 Å². The first-order valence-electron chi connectivity index (χ1n) is 5.15. The maximum atomic E-state index is 5.91. The summed E-state index contributed by atoms with van der Waals surface area (Å²) in [5, 5.41) is 0. The molecular weight excluding hydrogens is 200 g/mol. The molecule has 16 heavy (non-hydrogen) atoms. The van der Waals surface area contributed by atoms with Gasteiger partial charge in [-0.25, -0.2) is 4.98 Å². The van der Waals surface area contributed by atoms with Crippen molar-refractivity contribution in [3.05, 3.63) is 54.1 Å². The van der Waals surface area contributed by atoms with Crippen molar-refractivity contribution in [1.82, 2.24) is 9.97 Å². The van der Waals surface area contributed by atoms with Crippen LogP contribution < -0.4 is 5.73 Å². The quantitative estimate of drug-likeness (QED) is 0.605. The van der Waals surface area contributed by atoms with E-state index in [1.807, 2.05) is 37.3 Å². The van der Waals surface area contributed by atoms with Crippen LogP contribution >= 0.6 is 0 Å². The van der Waals surface area contributed by atoms with Crippen LogP contribution in [-0.4, -0.2) is 15.8 Å². The average Bonchev–Trinajstić information content (AvgIpc) is 2.83. The van der Waals surface area contributed by atoms with Gasteiger partial charge in [0.1, 0.15) is 17.7 Å². The number of nitrogens with one attached hydrogen (secondary N) is 1. The Morgan fingerprint density at radius 3 is 2.75 bits per heavy atom. The van der Waals surface area contributed by atoms with E-state index in [1.54, 1.807) is 12.4 Å². The summed E-state index contributed by atoms with van der Waals surface area (Å²) >= 11 is 0. The molecule has 1 aromatic heterocycles. The molecule has 0 amide bonds. The molecule has 0 saturated heterocycles. The lowest BCUT2D eigenvalue weighted by Crippen LogP contribution is -2.14. The number of hydrogen-bond donors (Lipinski definition) is 2. The summed E-state index contributed by atoms with van der Waals surface area (Å²) < 4.78 is 0. The van der Waals surface area contributed by atoms with Crippen LogP contribution in [0.1, 0.15) is 24.4 Å². The van der Waals surface area contributed by atoms with Gasteiger partial charge in [-0.2, -0.15) is 0 Å². The van der Waals surface area contributed by atoms with Crippen molar-refractivity contribution in [2.24, 2.45) is 10.7 Å². The summed E-state index contributed by atoms with van der Waals surface area (Å²) in [7, 11) is 0. The third-order valence-corrected chi connectivity index (χ3v) is 2.32. The monoisotopic (exact) mass is 214 g/mol. The number of aromatic amines is 1. The van der Waals surface area contributed by atoms with E-state index >= 15 is 0 Å². The van der Waals surface area contributed by atoms with E-state index in [4.69, 9.17) is 5.73 Å². The molecule has 2 rings (SSSR count). The number of benzene rings is 1. The van der Waals surface area contributed by atoms with Gasteiger partial charge in [0.25, 0.3) is 0 Å². The van der Waals surface area contributed by atoms with Crippen LogP contribution in [0.15, 0.2) is 47.7 Å². The third kappa shape index (κ3) is 2.28. The first-order valence-corrected chi connectivity index (χ1v) is 5.15. The van der Waals surface area contributed by atoms with Gasteiger partial charge in [0.05, 0.1) is 0 Å². The number of rotatable bonds is 3. The highest BCUT2D eigenvalue weighted by molar-refractivity contribution is 5.97. The largest absolute Gasteiger partial charge is 0.383 e. The molecule has 82 valence electrons. The van der Waals surface area contributed by atoms with Crippen LogP contribution in [0.4, 0.5) is 0 Å². The lowest BCUT2D eigenvalue weighted by molar-refractivity contribution is 0.757. The topological polar surface area (TPSA) is 67.1 Å². The van der Waals surface area contributed by atoms with E-state index in [0.717, 1.165) is 11.4 Å². The zero-order valence-electron chi connectivity index (χ0n) is 9.09. The number of aromatic nitrogens is 2. The Morgan fingerprint density at radius 1 is 1.38 bits per heavy atom. The normalized spacial score (nSPS) is 13.7. The fourth-order valence-corrected chi connectivity index (χ4v) is 1.46. The summed E-state index contributed by atoms with van der Waals surface area (Å²) in [4.78, 5) is 11.6. The molecular formula is C12H14N4. The molecule has 1 heterocycles. The van der Waals surface area contributed by atoms with Crippen molar-refractivity contribution >= 4 is 5.84 Å². The Bertz CT molecular complexity index is 459. The molecule has 0 aliphatic heterocycles. The second-order valence-electron chi connectivity index (χ2n) is 3.53. The second kappa shape index (κ2) is 4.61. The predicted molar refractivity (Wildman–Crippen MR) is 64.2 cm³/mol. The Labute approximate surface area is 94.2 Å². The van der Waals surface area contributed by atoms with Gasteiger partial charge in [0.2, 0.25) is 0 Å². The fraction of sp³-hybridized carbons (Fsp3) is 0.167. The number of nitrogens with two attached hydrogens (primary N) is 1. The van der Waals surface area contributed by atoms with Crippen molar-refractivity contribution in [3.8, 4) is 0 Å². The van der Waals surface area contributed by atoms with Gasteiger partial charge >= 0.3 is 0 Å². The maximum Gasteiger partial charge on any atom is 0.130 e. The van der Waals surface area contributed by atoms with Crippen LogP contribution in [0.5, 0.6) is 0 Å². The van der Waals surface area contributed by atoms with Gasteiger partial charge in [-0.1, -0.05) is 30.3 Å². The van der Waals surface area contributed by atoms with E-state index in [1.165, 1.54) is 0 Å². The zero-order valence-corrected chi connectivity index (χ0v) is 9.09. The summed E-state index contributed by atoms with van der Waals surface area (Å²) in [5.41, 5.74) is 6.84. The van der Waals surface area contributed by atoms with Crippen molar-refractivity contribution in [2.75, 3.05) is 0 Å². The van der Waals surface area contributed by atoms with Gasteiger partial charge < -0.3 is 10.7 Å². The Hall–Kier alpha value is -2.10. The Morgan fingerprint density at radius 2 is 2.12 bits per heavy atom. The lowest BCUT2D eigenvalue weighted by Gasteiger charge is -2.05. The maximum absolute atomic E-state index is 5.91. The van der Waals surface area contributed by atoms with E-state index in [2.05, 4.69) is 15.0 Å². The molecule has 1 atom stereocenters. The minimum Gasteiger partial charge on any atom is -0.383 e. The fourth-order valence-electron chi connectivity index (χ4n) is 1.46. The molecule has 3 N–H and O–H groups in total. The molecule has 2 aromatic rings. The van der Waals surface area contributed by atoms with E-state index in [0.29, 0.717) is 5.84 Å². The SMILES string of the molecule is CC(N=C(N)c1ccccc1)c1ncc[nH]1. The summed E-state index contributed by atoms with van der Waals surface area (Å²) in [5.74, 6) is 1.35. The zero-order chi connectivity index (χ0) is 11.4. The molecule has 0 spiro atoms. The molecule has 1 unspecified atom stereocenters. The van der Waals surface area contributed by atoms with Gasteiger partial charge in [0, 0.05) is 18.0 Å². The first kappa shape index (κ1) is 10.4. The number of aliphatic imine (C=N–C) groups is 1. The highest BCUT2D eigenvalue weighted by Gasteiger charge is 2.06. The first-order chi connectivity index (χ1) is 7.77. The van der Waals surface area contributed by atoms with Gasteiger partial charge in [0.15, 0.2) is 0 Å². The van der Waals surface area contributed by atoms with E-state index < -0.39 is 0 Å². The Balaban J connectivity index is 2.19. The molecule has 0 radical (unpaired) electrons. The summed E-state index contributed by atoms with van der Waals surface area (Å²) in [6.07, 6.45) is 3.49. The van der Waals surface area contributed by atoms with Crippen LogP contribution in [0.2, 0.25) is 0 Å². The smallest absolute Gasteiger partial charge is 0.130 e. The highest BCUT2D eigenvalue weighted by atomic mass is 15.0. The Kier molecular flexibility index (Phi) is 3.00. The average molecular weight is 214 g/mol. The molecule has 4 heteroatoms. The minimum atomic E-state index is -0.0600. The van der Waals surface area contributed by atoms with Crippen LogP contribution in [-0.2, 0) is 0 Å². The molecule has 0 saturated carbocycles. The molecule has 0 aliphatic carbocycles. The third-order valence-electron chi connectivity index (χ3n) is 2.32. The van der Waals surface area contributed by atoms with Crippen molar-refractivity contribution in [2.45, 2.75) is 13.0 Å². The molecule has 0 bridgehead atoms. The van der Waals surface area contributed by atoms with Crippen molar-refractivity contribution in [1.29, 1.82) is 0 Å². The van der Waals surface area contributed by atoms with Gasteiger partial charge in [-0.15, -0.1) is 0 Å². The van der Waals surface area contributed by atoms with Crippen molar-refractivity contribution in [3.63, 3.8) is 0 Å². The summed E-state index contributed by atoms with van der Waals surface area (Å²) in [6.45, 7) is 1.95. The number of imidazole rings is 1. The van der Waals surface area contributed by atoms with Gasteiger partial charge in [-0.05, 0) is 6.92 Å². The minimum absolute atomic E-state index is 0.0600. The second-order valence-corrected chi connectivity index (χ2v) is 3.53. The van der Waals surface area contributed by atoms with Crippen LogP contribution in [0.25, 0.3) is 0 Å². The predicted octanol–water partition coefficient (Wildman–Crippen LogP) is 1.88. The lowest BCUT2D eigenvalue weighted by atomic mass is 10.2. The molecule has 0 fully saturated rings. The summed E-state index contributed by atoms with van der Waals surface area (Å²) in [6, 6.07) is 9.65. The van der Waals surface area contributed by atoms with Gasteiger partial charge in [-0.3, -0.25) is 4.99 Å². The highest BCUT2D eigenvalue weighted by Crippen LogP contribution is 2.12.